The number of rotatable bonds is 7. The molecule has 1 saturated heterocycles. The molecule has 3 N–H and O–H groups in total. The highest BCUT2D eigenvalue weighted by Crippen LogP contribution is 2.11. The van der Waals surface area contributed by atoms with Gasteiger partial charge in [-0.25, -0.2) is 0 Å². The van der Waals surface area contributed by atoms with Crippen molar-refractivity contribution in [3.05, 3.63) is 0 Å². The van der Waals surface area contributed by atoms with Crippen molar-refractivity contribution in [1.82, 2.24) is 15.1 Å². The van der Waals surface area contributed by atoms with E-state index in [1.165, 1.54) is 0 Å². The van der Waals surface area contributed by atoms with Crippen molar-refractivity contribution >= 4 is 5.91 Å². The molecular weight excluding hydrogens is 240 g/mol. The number of carbonyl (C=O) groups is 1. The summed E-state index contributed by atoms with van der Waals surface area (Å²) in [6.07, 6.45) is 1.00. The molecule has 0 aromatic rings. The molecule has 0 aromatic heterocycles. The SMILES string of the molecule is CCCNC(C)(CN1CCN(C(C)C)CC1)C(N)=O. The van der Waals surface area contributed by atoms with Crippen LogP contribution in [0.4, 0.5) is 0 Å². The Morgan fingerprint density at radius 2 is 1.89 bits per heavy atom. The molecule has 1 unspecified atom stereocenters. The van der Waals surface area contributed by atoms with Crippen LogP contribution in [0.5, 0.6) is 0 Å². The summed E-state index contributed by atoms with van der Waals surface area (Å²) in [7, 11) is 0. The summed E-state index contributed by atoms with van der Waals surface area (Å²) in [6.45, 7) is 14.2. The van der Waals surface area contributed by atoms with Gasteiger partial charge in [-0.1, -0.05) is 6.92 Å². The fraction of sp³-hybridized carbons (Fsp3) is 0.929. The lowest BCUT2D eigenvalue weighted by Gasteiger charge is -2.40. The van der Waals surface area contributed by atoms with Crippen molar-refractivity contribution in [2.45, 2.75) is 45.7 Å². The second kappa shape index (κ2) is 7.22. The molecule has 1 aliphatic rings. The molecule has 1 fully saturated rings. The van der Waals surface area contributed by atoms with Crippen LogP contribution in [0, 0.1) is 0 Å². The van der Waals surface area contributed by atoms with Crippen molar-refractivity contribution in [3.8, 4) is 0 Å². The van der Waals surface area contributed by atoms with Crippen LogP contribution in [0.3, 0.4) is 0 Å². The highest BCUT2D eigenvalue weighted by molar-refractivity contribution is 5.84. The summed E-state index contributed by atoms with van der Waals surface area (Å²) in [5.41, 5.74) is 4.95. The maximum absolute atomic E-state index is 11.7. The first-order chi connectivity index (χ1) is 8.89. The van der Waals surface area contributed by atoms with E-state index in [0.717, 1.165) is 39.1 Å². The molecule has 0 bridgehead atoms. The number of primary amides is 1. The summed E-state index contributed by atoms with van der Waals surface area (Å²) in [5.74, 6) is -0.257. The standard InChI is InChI=1S/C14H30N4O/c1-5-6-16-14(4,13(15)19)11-17-7-9-18(10-8-17)12(2)3/h12,16H,5-11H2,1-4H3,(H2,15,19). The molecule has 0 radical (unpaired) electrons. The van der Waals surface area contributed by atoms with E-state index in [-0.39, 0.29) is 5.91 Å². The highest BCUT2D eigenvalue weighted by Gasteiger charge is 2.33. The van der Waals surface area contributed by atoms with Crippen molar-refractivity contribution in [1.29, 1.82) is 0 Å². The number of nitrogens with two attached hydrogens (primary N) is 1. The molecule has 0 saturated carbocycles. The normalized spacial score (nSPS) is 21.5. The third-order valence-corrected chi connectivity index (χ3v) is 3.99. The van der Waals surface area contributed by atoms with Crippen LogP contribution >= 0.6 is 0 Å². The Bertz CT molecular complexity index is 287. The van der Waals surface area contributed by atoms with Crippen LogP contribution < -0.4 is 11.1 Å². The first-order valence-electron chi connectivity index (χ1n) is 7.40. The Labute approximate surface area is 117 Å². The van der Waals surface area contributed by atoms with Crippen LogP contribution in [0.1, 0.15) is 34.1 Å². The van der Waals surface area contributed by atoms with Crippen molar-refractivity contribution in [2.24, 2.45) is 5.73 Å². The maximum Gasteiger partial charge on any atom is 0.238 e. The van der Waals surface area contributed by atoms with Gasteiger partial charge in [0.2, 0.25) is 5.91 Å². The van der Waals surface area contributed by atoms with Gasteiger partial charge in [-0.15, -0.1) is 0 Å². The molecule has 5 heteroatoms. The molecule has 1 atom stereocenters. The lowest BCUT2D eigenvalue weighted by Crippen LogP contribution is -2.62. The monoisotopic (exact) mass is 270 g/mol. The van der Waals surface area contributed by atoms with Crippen LogP contribution in [0.2, 0.25) is 0 Å². The zero-order chi connectivity index (χ0) is 14.5. The predicted molar refractivity (Wildman–Crippen MR) is 79.0 cm³/mol. The smallest absolute Gasteiger partial charge is 0.238 e. The topological polar surface area (TPSA) is 61.6 Å². The van der Waals surface area contributed by atoms with Crippen molar-refractivity contribution in [2.75, 3.05) is 39.3 Å². The quantitative estimate of drug-likeness (QED) is 0.696. The summed E-state index contributed by atoms with van der Waals surface area (Å²) in [5, 5.41) is 3.30. The largest absolute Gasteiger partial charge is 0.368 e. The zero-order valence-electron chi connectivity index (χ0n) is 12.9. The molecular formula is C14H30N4O. The zero-order valence-corrected chi connectivity index (χ0v) is 12.9. The van der Waals surface area contributed by atoms with Crippen molar-refractivity contribution < 1.29 is 4.79 Å². The molecule has 1 heterocycles. The van der Waals surface area contributed by atoms with Gasteiger partial charge in [0.05, 0.1) is 0 Å². The molecule has 1 aliphatic heterocycles. The Morgan fingerprint density at radius 1 is 1.32 bits per heavy atom. The first kappa shape index (κ1) is 16.4. The van der Waals surface area contributed by atoms with Gasteiger partial charge in [-0.3, -0.25) is 14.6 Å². The number of carbonyl (C=O) groups excluding carboxylic acids is 1. The van der Waals surface area contributed by atoms with E-state index in [4.69, 9.17) is 5.73 Å². The number of amides is 1. The molecule has 19 heavy (non-hydrogen) atoms. The van der Waals surface area contributed by atoms with Crippen LogP contribution in [-0.2, 0) is 4.79 Å². The Balaban J connectivity index is 2.50. The van der Waals surface area contributed by atoms with Gasteiger partial charge in [0.1, 0.15) is 5.54 Å². The van der Waals surface area contributed by atoms with E-state index >= 15 is 0 Å². The molecule has 0 aliphatic carbocycles. The van der Waals surface area contributed by atoms with E-state index in [0.29, 0.717) is 12.6 Å². The molecule has 0 aromatic carbocycles. The average molecular weight is 270 g/mol. The minimum atomic E-state index is -0.615. The van der Waals surface area contributed by atoms with E-state index in [1.54, 1.807) is 0 Å². The Hall–Kier alpha value is -0.650. The van der Waals surface area contributed by atoms with Gasteiger partial charge >= 0.3 is 0 Å². The summed E-state index contributed by atoms with van der Waals surface area (Å²) < 4.78 is 0. The molecule has 1 amide bonds. The first-order valence-corrected chi connectivity index (χ1v) is 7.40. The fourth-order valence-corrected chi connectivity index (χ4v) is 2.51. The third-order valence-electron chi connectivity index (χ3n) is 3.99. The van der Waals surface area contributed by atoms with Gasteiger partial charge in [0, 0.05) is 38.8 Å². The minimum absolute atomic E-state index is 0.257. The van der Waals surface area contributed by atoms with E-state index < -0.39 is 5.54 Å². The van der Waals surface area contributed by atoms with Gasteiger partial charge in [-0.05, 0) is 33.7 Å². The number of hydrogen-bond acceptors (Lipinski definition) is 4. The van der Waals surface area contributed by atoms with E-state index in [2.05, 4.69) is 35.9 Å². The third kappa shape index (κ3) is 4.75. The van der Waals surface area contributed by atoms with Gasteiger partial charge in [0.15, 0.2) is 0 Å². The van der Waals surface area contributed by atoms with Crippen LogP contribution in [-0.4, -0.2) is 66.6 Å². The molecule has 5 nitrogen and oxygen atoms in total. The van der Waals surface area contributed by atoms with Crippen LogP contribution in [0.25, 0.3) is 0 Å². The highest BCUT2D eigenvalue weighted by atomic mass is 16.1. The summed E-state index contributed by atoms with van der Waals surface area (Å²) in [6, 6.07) is 0.600. The number of piperazine rings is 1. The maximum atomic E-state index is 11.7. The number of nitrogens with zero attached hydrogens (tertiary/aromatic N) is 2. The molecule has 1 rings (SSSR count). The molecule has 112 valence electrons. The summed E-state index contributed by atoms with van der Waals surface area (Å²) in [4.78, 5) is 16.5. The summed E-state index contributed by atoms with van der Waals surface area (Å²) >= 11 is 0. The minimum Gasteiger partial charge on any atom is -0.368 e. The van der Waals surface area contributed by atoms with Gasteiger partial charge in [-0.2, -0.15) is 0 Å². The van der Waals surface area contributed by atoms with Gasteiger partial charge < -0.3 is 11.1 Å². The Morgan fingerprint density at radius 3 is 2.32 bits per heavy atom. The predicted octanol–water partition coefficient (Wildman–Crippen LogP) is 0.256. The van der Waals surface area contributed by atoms with Crippen molar-refractivity contribution in [3.63, 3.8) is 0 Å². The fourth-order valence-electron chi connectivity index (χ4n) is 2.51. The lowest BCUT2D eigenvalue weighted by atomic mass is 10.00. The van der Waals surface area contributed by atoms with Gasteiger partial charge in [0.25, 0.3) is 0 Å². The molecule has 0 spiro atoms. The average Bonchev–Trinajstić information content (AvgIpc) is 2.36. The van der Waals surface area contributed by atoms with E-state index in [1.807, 2.05) is 6.92 Å². The Kier molecular flexibility index (Phi) is 6.23. The second-order valence-electron chi connectivity index (χ2n) is 6.03. The number of hydrogen-bond donors (Lipinski definition) is 2. The van der Waals surface area contributed by atoms with E-state index in [9.17, 15) is 4.79 Å². The second-order valence-corrected chi connectivity index (χ2v) is 6.03. The van der Waals surface area contributed by atoms with Crippen LogP contribution in [0.15, 0.2) is 0 Å². The number of nitrogens with one attached hydrogen (secondary N) is 1. The lowest BCUT2D eigenvalue weighted by molar-refractivity contribution is -0.124.